The zero-order valence-corrected chi connectivity index (χ0v) is 34.9. The lowest BCUT2D eigenvalue weighted by molar-refractivity contribution is -0.334. The molecular formula is C44H68O10. The number of allylic oxidation sites excluding steroid dienone is 1. The molecule has 10 nitrogen and oxygen atoms in total. The molecule has 304 valence electrons. The van der Waals surface area contributed by atoms with Gasteiger partial charge in [-0.3, -0.25) is 19.2 Å². The molecule has 5 saturated carbocycles. The molecule has 0 aromatic rings. The molecule has 0 aromatic heterocycles. The normalized spacial score (nSPS) is 46.4. The van der Waals surface area contributed by atoms with E-state index in [9.17, 15) is 19.2 Å². The number of fused-ring (bicyclic) bond motifs is 7. The highest BCUT2D eigenvalue weighted by Crippen LogP contribution is 2.77. The van der Waals surface area contributed by atoms with E-state index in [2.05, 4.69) is 55.0 Å². The number of carbonyl (C=O) groups excluding carboxylic acids is 4. The zero-order chi connectivity index (χ0) is 39.8. The molecule has 0 spiro atoms. The summed E-state index contributed by atoms with van der Waals surface area (Å²) in [6.45, 7) is 26.6. The Morgan fingerprint density at radius 3 is 1.89 bits per heavy atom. The molecule has 54 heavy (non-hydrogen) atoms. The van der Waals surface area contributed by atoms with Crippen molar-refractivity contribution in [1.82, 2.24) is 0 Å². The average Bonchev–Trinajstić information content (AvgIpc) is 3.41. The summed E-state index contributed by atoms with van der Waals surface area (Å²) in [7, 11) is 0. The highest BCUT2D eigenvalue weighted by atomic mass is 16.7. The molecule has 0 amide bonds. The van der Waals surface area contributed by atoms with Crippen LogP contribution in [0.15, 0.2) is 12.2 Å². The second-order valence-corrected chi connectivity index (χ2v) is 19.9. The van der Waals surface area contributed by atoms with Crippen molar-refractivity contribution in [2.45, 2.75) is 177 Å². The zero-order valence-electron chi connectivity index (χ0n) is 34.9. The lowest BCUT2D eigenvalue weighted by atomic mass is 9.32. The van der Waals surface area contributed by atoms with E-state index in [0.717, 1.165) is 31.1 Å². The van der Waals surface area contributed by atoms with E-state index < -0.39 is 54.6 Å². The van der Waals surface area contributed by atoms with Crippen molar-refractivity contribution in [3.05, 3.63) is 12.2 Å². The Labute approximate surface area is 323 Å². The number of carbonyl (C=O) groups is 4. The number of esters is 4. The SMILES string of the molecule is C=C(C)[C@@H]1CC[C@]2(C)CC[C@]3(C)[C@H](CC[C@@H]4[C@@]5(C)CC[C@H](O[C@@H]6O[C@H](COC(C)=O)[C@@H](OC(C)=O)[C@H](OC(C)=O)[C@H]6OC(C)=O)C(C)(C)[C@@H]5CC[C@]43C)[C@@H]12. The summed E-state index contributed by atoms with van der Waals surface area (Å²) in [5.74, 6) is 0.539. The highest BCUT2D eigenvalue weighted by Gasteiger charge is 2.70. The molecule has 6 aliphatic rings. The van der Waals surface area contributed by atoms with Crippen LogP contribution in [0.2, 0.25) is 0 Å². The third-order valence-corrected chi connectivity index (χ3v) is 16.7. The average molecular weight is 757 g/mol. The first-order valence-corrected chi connectivity index (χ1v) is 20.7. The Morgan fingerprint density at radius 1 is 0.648 bits per heavy atom. The topological polar surface area (TPSA) is 124 Å². The third kappa shape index (κ3) is 6.75. The van der Waals surface area contributed by atoms with Gasteiger partial charge < -0.3 is 28.4 Å². The van der Waals surface area contributed by atoms with Crippen LogP contribution in [-0.4, -0.2) is 67.3 Å². The van der Waals surface area contributed by atoms with Crippen molar-refractivity contribution < 1.29 is 47.6 Å². The van der Waals surface area contributed by atoms with Crippen LogP contribution in [0.4, 0.5) is 0 Å². The Morgan fingerprint density at radius 2 is 1.28 bits per heavy atom. The fourth-order valence-corrected chi connectivity index (χ4v) is 14.2. The van der Waals surface area contributed by atoms with E-state index >= 15 is 0 Å². The maximum absolute atomic E-state index is 12.5. The van der Waals surface area contributed by atoms with E-state index in [4.69, 9.17) is 28.4 Å². The minimum atomic E-state index is -1.25. The molecule has 0 N–H and O–H groups in total. The van der Waals surface area contributed by atoms with Crippen LogP contribution in [0, 0.1) is 56.7 Å². The van der Waals surface area contributed by atoms with Gasteiger partial charge in [0.1, 0.15) is 12.7 Å². The van der Waals surface area contributed by atoms with E-state index in [0.29, 0.717) is 23.2 Å². The predicted octanol–water partition coefficient (Wildman–Crippen LogP) is 8.13. The Bertz CT molecular complexity index is 1510. The minimum absolute atomic E-state index is 0.107. The van der Waals surface area contributed by atoms with Crippen molar-refractivity contribution in [3.63, 3.8) is 0 Å². The molecule has 0 unspecified atom stereocenters. The van der Waals surface area contributed by atoms with Crippen molar-refractivity contribution in [1.29, 1.82) is 0 Å². The van der Waals surface area contributed by atoms with Crippen molar-refractivity contribution >= 4 is 23.9 Å². The summed E-state index contributed by atoms with van der Waals surface area (Å²) in [5, 5.41) is 0. The van der Waals surface area contributed by atoms with Crippen LogP contribution in [0.1, 0.15) is 140 Å². The summed E-state index contributed by atoms with van der Waals surface area (Å²) < 4.78 is 35.7. The molecule has 0 radical (unpaired) electrons. The summed E-state index contributed by atoms with van der Waals surface area (Å²) in [4.78, 5) is 49.1. The molecule has 6 rings (SSSR count). The van der Waals surface area contributed by atoms with Gasteiger partial charge >= 0.3 is 23.9 Å². The highest BCUT2D eigenvalue weighted by molar-refractivity contribution is 5.68. The lowest BCUT2D eigenvalue weighted by Crippen LogP contribution is -2.67. The van der Waals surface area contributed by atoms with Crippen molar-refractivity contribution in [2.75, 3.05) is 6.61 Å². The molecule has 1 heterocycles. The summed E-state index contributed by atoms with van der Waals surface area (Å²) in [5.41, 5.74) is 2.13. The molecule has 6 fully saturated rings. The van der Waals surface area contributed by atoms with E-state index in [-0.39, 0.29) is 34.4 Å². The smallest absolute Gasteiger partial charge is 0.303 e. The largest absolute Gasteiger partial charge is 0.463 e. The second kappa shape index (κ2) is 14.5. The number of ether oxygens (including phenoxy) is 6. The van der Waals surface area contributed by atoms with Crippen LogP contribution in [0.25, 0.3) is 0 Å². The molecule has 10 heteroatoms. The van der Waals surface area contributed by atoms with Crippen LogP contribution in [0.3, 0.4) is 0 Å². The molecule has 1 aliphatic heterocycles. The Balaban J connectivity index is 1.28. The monoisotopic (exact) mass is 756 g/mol. The molecule has 1 saturated heterocycles. The standard InChI is InChI=1S/C44H68O10/c1-24(2)29-15-18-41(9)21-22-43(11)30(35(29)41)13-14-33-42(10)19-17-34(40(7,8)32(42)16-20-44(33,43)12)54-39-38(52-28(6)48)37(51-27(5)47)36(50-26(4)46)31(53-39)23-49-25(3)45/h29-39H,1,13-23H2,2-12H3/t29-,30+,31+,32-,33+,34-,35+,36+,37-,38+,39-,41+,42-,43+,44+/m0/s1. The van der Waals surface area contributed by atoms with Gasteiger partial charge in [0.2, 0.25) is 0 Å². The molecule has 0 bridgehead atoms. The number of hydrogen-bond donors (Lipinski definition) is 0. The van der Waals surface area contributed by atoms with Crippen molar-refractivity contribution in [2.24, 2.45) is 56.7 Å². The van der Waals surface area contributed by atoms with Gasteiger partial charge in [-0.05, 0) is 128 Å². The van der Waals surface area contributed by atoms with Gasteiger partial charge in [0.15, 0.2) is 24.6 Å². The molecule has 5 aliphatic carbocycles. The van der Waals surface area contributed by atoms with Gasteiger partial charge in [0.25, 0.3) is 0 Å². The van der Waals surface area contributed by atoms with Gasteiger partial charge in [0.05, 0.1) is 6.10 Å². The van der Waals surface area contributed by atoms with Crippen LogP contribution in [-0.2, 0) is 47.6 Å². The van der Waals surface area contributed by atoms with Gasteiger partial charge in [-0.15, -0.1) is 0 Å². The molecule has 15 atom stereocenters. The Kier molecular flexibility index (Phi) is 11.0. The number of rotatable bonds is 8. The third-order valence-electron chi connectivity index (χ3n) is 16.7. The Hall–Kier alpha value is -2.46. The molecular weight excluding hydrogens is 688 g/mol. The van der Waals surface area contributed by atoms with Gasteiger partial charge in [0, 0.05) is 27.7 Å². The quantitative estimate of drug-likeness (QED) is 0.104. The summed E-state index contributed by atoms with van der Waals surface area (Å²) in [6.07, 6.45) is 5.65. The van der Waals surface area contributed by atoms with E-state index in [1.165, 1.54) is 78.2 Å². The summed E-state index contributed by atoms with van der Waals surface area (Å²) >= 11 is 0. The predicted molar refractivity (Wildman–Crippen MR) is 201 cm³/mol. The lowest BCUT2D eigenvalue weighted by Gasteiger charge is -2.73. The maximum atomic E-state index is 12.5. The van der Waals surface area contributed by atoms with E-state index in [1.807, 2.05) is 0 Å². The van der Waals surface area contributed by atoms with Gasteiger partial charge in [-0.1, -0.05) is 53.7 Å². The number of hydrogen-bond acceptors (Lipinski definition) is 10. The minimum Gasteiger partial charge on any atom is -0.463 e. The van der Waals surface area contributed by atoms with Gasteiger partial charge in [-0.25, -0.2) is 0 Å². The van der Waals surface area contributed by atoms with E-state index in [1.54, 1.807) is 0 Å². The second-order valence-electron chi connectivity index (χ2n) is 19.9. The maximum Gasteiger partial charge on any atom is 0.303 e. The summed E-state index contributed by atoms with van der Waals surface area (Å²) in [6, 6.07) is 0. The van der Waals surface area contributed by atoms with Crippen LogP contribution < -0.4 is 0 Å². The first-order chi connectivity index (χ1) is 25.1. The van der Waals surface area contributed by atoms with Crippen LogP contribution >= 0.6 is 0 Å². The fraction of sp³-hybridized carbons (Fsp3) is 0.864. The van der Waals surface area contributed by atoms with Crippen LogP contribution in [0.5, 0.6) is 0 Å². The first-order valence-electron chi connectivity index (χ1n) is 20.7. The molecule has 0 aromatic carbocycles. The first kappa shape index (κ1) is 41.2. The van der Waals surface area contributed by atoms with Crippen molar-refractivity contribution in [3.8, 4) is 0 Å². The van der Waals surface area contributed by atoms with Gasteiger partial charge in [-0.2, -0.15) is 0 Å². The fourth-order valence-electron chi connectivity index (χ4n) is 14.2.